The highest BCUT2D eigenvalue weighted by molar-refractivity contribution is 5.35. The first kappa shape index (κ1) is 15.6. The normalized spacial score (nSPS) is 12.4. The van der Waals surface area contributed by atoms with Crippen LogP contribution in [0.3, 0.4) is 0 Å². The van der Waals surface area contributed by atoms with Gasteiger partial charge in [0.2, 0.25) is 0 Å². The summed E-state index contributed by atoms with van der Waals surface area (Å²) in [4.78, 5) is 0. The molecular weight excluding hydrogens is 258 g/mol. The van der Waals surface area contributed by atoms with Crippen LogP contribution in [-0.4, -0.2) is 13.7 Å². The minimum absolute atomic E-state index is 0.232. The van der Waals surface area contributed by atoms with Gasteiger partial charge in [0.25, 0.3) is 0 Å². The van der Waals surface area contributed by atoms with E-state index >= 15 is 0 Å². The second-order valence-corrected chi connectivity index (χ2v) is 5.75. The van der Waals surface area contributed by atoms with Crippen molar-refractivity contribution >= 4 is 0 Å². The third-order valence-corrected chi connectivity index (χ3v) is 3.65. The second-order valence-electron chi connectivity index (χ2n) is 5.75. The molecule has 2 nitrogen and oxygen atoms in total. The van der Waals surface area contributed by atoms with E-state index in [9.17, 15) is 0 Å². The van der Waals surface area contributed by atoms with Crippen molar-refractivity contribution in [3.8, 4) is 5.75 Å². The molecule has 21 heavy (non-hydrogen) atoms. The molecule has 0 amide bonds. The predicted molar refractivity (Wildman–Crippen MR) is 88.7 cm³/mol. The fourth-order valence-electron chi connectivity index (χ4n) is 2.39. The van der Waals surface area contributed by atoms with Crippen molar-refractivity contribution in [2.24, 2.45) is 5.92 Å². The molecule has 0 aliphatic heterocycles. The highest BCUT2D eigenvalue weighted by Crippen LogP contribution is 2.24. The molecule has 0 saturated heterocycles. The summed E-state index contributed by atoms with van der Waals surface area (Å²) in [5, 5.41) is 3.68. The Morgan fingerprint density at radius 2 is 1.52 bits per heavy atom. The van der Waals surface area contributed by atoms with Crippen LogP contribution < -0.4 is 10.1 Å². The minimum atomic E-state index is 0.232. The van der Waals surface area contributed by atoms with Crippen LogP contribution in [0.1, 0.15) is 37.4 Å². The fraction of sp³-hybridized carbons (Fsp3) is 0.368. The molecule has 2 rings (SSSR count). The average molecular weight is 283 g/mol. The van der Waals surface area contributed by atoms with Gasteiger partial charge >= 0.3 is 0 Å². The van der Waals surface area contributed by atoms with Crippen LogP contribution in [0.5, 0.6) is 5.75 Å². The van der Waals surface area contributed by atoms with Crippen molar-refractivity contribution in [1.82, 2.24) is 5.32 Å². The topological polar surface area (TPSA) is 21.3 Å². The molecule has 2 aromatic rings. The Morgan fingerprint density at radius 3 is 2.10 bits per heavy atom. The second kappa shape index (κ2) is 7.84. The third-order valence-electron chi connectivity index (χ3n) is 3.65. The molecule has 1 atom stereocenters. The van der Waals surface area contributed by atoms with Gasteiger partial charge < -0.3 is 10.1 Å². The van der Waals surface area contributed by atoms with E-state index in [4.69, 9.17) is 4.74 Å². The van der Waals surface area contributed by atoms with E-state index in [-0.39, 0.29) is 6.04 Å². The standard InChI is InChI=1S/C19H25NO/c1-15(2)13-14-20-19(16-7-5-4-6-8-16)17-9-11-18(21-3)12-10-17/h4-12,15,19-20H,13-14H2,1-3H3. The lowest BCUT2D eigenvalue weighted by Gasteiger charge is -2.21. The maximum atomic E-state index is 5.25. The summed E-state index contributed by atoms with van der Waals surface area (Å²) in [6.07, 6.45) is 1.18. The zero-order chi connectivity index (χ0) is 15.1. The third kappa shape index (κ3) is 4.61. The van der Waals surface area contributed by atoms with E-state index in [0.29, 0.717) is 5.92 Å². The minimum Gasteiger partial charge on any atom is -0.497 e. The first-order valence-corrected chi connectivity index (χ1v) is 7.63. The van der Waals surface area contributed by atoms with Gasteiger partial charge in [0.1, 0.15) is 5.75 Å². The quantitative estimate of drug-likeness (QED) is 0.812. The van der Waals surface area contributed by atoms with Gasteiger partial charge in [0.05, 0.1) is 13.2 Å². The van der Waals surface area contributed by atoms with Crippen molar-refractivity contribution in [2.75, 3.05) is 13.7 Å². The number of hydrogen-bond acceptors (Lipinski definition) is 2. The predicted octanol–water partition coefficient (Wildman–Crippen LogP) is 4.42. The summed E-state index contributed by atoms with van der Waals surface area (Å²) >= 11 is 0. The molecule has 0 aliphatic carbocycles. The number of ether oxygens (including phenoxy) is 1. The number of rotatable bonds is 7. The molecule has 0 saturated carbocycles. The molecule has 1 N–H and O–H groups in total. The average Bonchev–Trinajstić information content (AvgIpc) is 2.52. The van der Waals surface area contributed by atoms with Crippen molar-refractivity contribution < 1.29 is 4.74 Å². The molecule has 0 fully saturated rings. The Morgan fingerprint density at radius 1 is 0.905 bits per heavy atom. The van der Waals surface area contributed by atoms with Crippen LogP contribution in [0.25, 0.3) is 0 Å². The van der Waals surface area contributed by atoms with Crippen molar-refractivity contribution in [2.45, 2.75) is 26.3 Å². The maximum absolute atomic E-state index is 5.25. The summed E-state index contributed by atoms with van der Waals surface area (Å²) in [6.45, 7) is 5.53. The van der Waals surface area contributed by atoms with E-state index in [1.165, 1.54) is 17.5 Å². The summed E-state index contributed by atoms with van der Waals surface area (Å²) in [5.74, 6) is 1.61. The van der Waals surface area contributed by atoms with Gasteiger partial charge in [-0.2, -0.15) is 0 Å². The van der Waals surface area contributed by atoms with Crippen LogP contribution in [0.4, 0.5) is 0 Å². The molecule has 0 heterocycles. The van der Waals surface area contributed by atoms with Gasteiger partial charge in [-0.3, -0.25) is 0 Å². The van der Waals surface area contributed by atoms with Gasteiger partial charge in [-0.15, -0.1) is 0 Å². The fourth-order valence-corrected chi connectivity index (χ4v) is 2.39. The number of benzene rings is 2. The first-order valence-electron chi connectivity index (χ1n) is 7.63. The van der Waals surface area contributed by atoms with Gasteiger partial charge in [-0.1, -0.05) is 56.3 Å². The number of hydrogen-bond donors (Lipinski definition) is 1. The van der Waals surface area contributed by atoms with Crippen LogP contribution in [0.15, 0.2) is 54.6 Å². The molecule has 2 heteroatoms. The highest BCUT2D eigenvalue weighted by atomic mass is 16.5. The van der Waals surface area contributed by atoms with Crippen LogP contribution in [0, 0.1) is 5.92 Å². The van der Waals surface area contributed by atoms with Crippen LogP contribution in [-0.2, 0) is 0 Å². The smallest absolute Gasteiger partial charge is 0.118 e. The molecule has 0 spiro atoms. The number of nitrogens with one attached hydrogen (secondary N) is 1. The summed E-state index contributed by atoms with van der Waals surface area (Å²) in [7, 11) is 1.70. The maximum Gasteiger partial charge on any atom is 0.118 e. The summed E-state index contributed by atoms with van der Waals surface area (Å²) in [6, 6.07) is 19.2. The van der Waals surface area contributed by atoms with Crippen molar-refractivity contribution in [3.05, 3.63) is 65.7 Å². The largest absolute Gasteiger partial charge is 0.497 e. The molecule has 0 radical (unpaired) electrons. The lowest BCUT2D eigenvalue weighted by Crippen LogP contribution is -2.24. The molecule has 112 valence electrons. The van der Waals surface area contributed by atoms with Crippen molar-refractivity contribution in [1.29, 1.82) is 0 Å². The summed E-state index contributed by atoms with van der Waals surface area (Å²) < 4.78 is 5.25. The van der Waals surface area contributed by atoms with Crippen LogP contribution in [0.2, 0.25) is 0 Å². The lowest BCUT2D eigenvalue weighted by atomic mass is 9.98. The first-order chi connectivity index (χ1) is 10.2. The Labute approximate surface area is 128 Å². The Kier molecular flexibility index (Phi) is 5.82. The molecular formula is C19H25NO. The molecule has 0 aliphatic rings. The van der Waals surface area contributed by atoms with Gasteiger partial charge in [0.15, 0.2) is 0 Å². The van der Waals surface area contributed by atoms with E-state index < -0.39 is 0 Å². The zero-order valence-electron chi connectivity index (χ0n) is 13.2. The van der Waals surface area contributed by atoms with Gasteiger partial charge in [-0.05, 0) is 42.1 Å². The Balaban J connectivity index is 2.18. The van der Waals surface area contributed by atoms with E-state index in [2.05, 4.69) is 61.6 Å². The van der Waals surface area contributed by atoms with E-state index in [0.717, 1.165) is 12.3 Å². The zero-order valence-corrected chi connectivity index (χ0v) is 13.2. The Bertz CT molecular complexity index is 519. The Hall–Kier alpha value is -1.80. The van der Waals surface area contributed by atoms with E-state index in [1.54, 1.807) is 7.11 Å². The van der Waals surface area contributed by atoms with Gasteiger partial charge in [-0.25, -0.2) is 0 Å². The molecule has 0 aromatic heterocycles. The SMILES string of the molecule is COc1ccc(C(NCCC(C)C)c2ccccc2)cc1. The molecule has 1 unspecified atom stereocenters. The highest BCUT2D eigenvalue weighted by Gasteiger charge is 2.13. The van der Waals surface area contributed by atoms with E-state index in [1.807, 2.05) is 12.1 Å². The number of methoxy groups -OCH3 is 1. The summed E-state index contributed by atoms with van der Waals surface area (Å²) in [5.41, 5.74) is 2.57. The van der Waals surface area contributed by atoms with Crippen LogP contribution >= 0.6 is 0 Å². The van der Waals surface area contributed by atoms with Gasteiger partial charge in [0, 0.05) is 0 Å². The lowest BCUT2D eigenvalue weighted by molar-refractivity contribution is 0.414. The molecule has 0 bridgehead atoms. The van der Waals surface area contributed by atoms with Crippen molar-refractivity contribution in [3.63, 3.8) is 0 Å². The molecule has 2 aromatic carbocycles. The monoisotopic (exact) mass is 283 g/mol.